The second-order valence-corrected chi connectivity index (χ2v) is 6.13. The number of hydrogen-bond acceptors (Lipinski definition) is 3. The van der Waals surface area contributed by atoms with Crippen molar-refractivity contribution < 1.29 is 18.0 Å². The molecule has 1 atom stereocenters. The molecule has 1 amide bonds. The molecule has 0 radical (unpaired) electrons. The minimum atomic E-state index is -4.35. The summed E-state index contributed by atoms with van der Waals surface area (Å²) >= 11 is 0. The molecule has 0 spiro atoms. The lowest BCUT2D eigenvalue weighted by Gasteiger charge is -2.37. The Bertz CT molecular complexity index is 552. The van der Waals surface area contributed by atoms with Crippen LogP contribution in [0.5, 0.6) is 0 Å². The third-order valence-corrected chi connectivity index (χ3v) is 4.13. The summed E-state index contributed by atoms with van der Waals surface area (Å²) in [4.78, 5) is 15.8. The molecule has 0 aliphatic carbocycles. The van der Waals surface area contributed by atoms with Crippen molar-refractivity contribution in [1.82, 2.24) is 4.90 Å². The Kier molecular flexibility index (Phi) is 5.19. The molecular weight excluding hydrogens is 307 g/mol. The molecule has 2 rings (SSSR count). The topological polar surface area (TPSA) is 49.6 Å². The van der Waals surface area contributed by atoms with Gasteiger partial charge in [-0.2, -0.15) is 13.2 Å². The average molecular weight is 329 g/mol. The molecule has 23 heavy (non-hydrogen) atoms. The van der Waals surface area contributed by atoms with Crippen LogP contribution in [0.2, 0.25) is 0 Å². The zero-order valence-corrected chi connectivity index (χ0v) is 13.3. The summed E-state index contributed by atoms with van der Waals surface area (Å²) in [5.41, 5.74) is 5.75. The first-order chi connectivity index (χ1) is 10.7. The smallest absolute Gasteiger partial charge is 0.368 e. The van der Waals surface area contributed by atoms with Crippen LogP contribution in [0.25, 0.3) is 0 Å². The Balaban J connectivity index is 2.01. The van der Waals surface area contributed by atoms with E-state index >= 15 is 0 Å². The zero-order valence-electron chi connectivity index (χ0n) is 13.3. The van der Waals surface area contributed by atoms with E-state index in [4.69, 9.17) is 5.73 Å². The number of hydrogen-bond donors (Lipinski definition) is 1. The van der Waals surface area contributed by atoms with E-state index in [2.05, 4.69) is 0 Å². The van der Waals surface area contributed by atoms with Gasteiger partial charge in [-0.15, -0.1) is 0 Å². The van der Waals surface area contributed by atoms with Crippen LogP contribution in [0.15, 0.2) is 24.3 Å². The maximum Gasteiger partial charge on any atom is 0.416 e. The molecule has 4 nitrogen and oxygen atoms in total. The van der Waals surface area contributed by atoms with Gasteiger partial charge in [-0.3, -0.25) is 4.79 Å². The molecule has 128 valence electrons. The van der Waals surface area contributed by atoms with Crippen molar-refractivity contribution in [2.24, 2.45) is 11.7 Å². The van der Waals surface area contributed by atoms with Crippen LogP contribution in [0.3, 0.4) is 0 Å². The van der Waals surface area contributed by atoms with Gasteiger partial charge in [-0.25, -0.2) is 0 Å². The molecule has 0 saturated carbocycles. The molecule has 0 unspecified atom stereocenters. The summed E-state index contributed by atoms with van der Waals surface area (Å²) in [6.07, 6.45) is -4.35. The van der Waals surface area contributed by atoms with Gasteiger partial charge in [0, 0.05) is 31.9 Å². The van der Waals surface area contributed by atoms with Crippen LogP contribution >= 0.6 is 0 Å². The summed E-state index contributed by atoms with van der Waals surface area (Å²) in [5, 5.41) is 0. The number of benzene rings is 1. The second kappa shape index (κ2) is 6.78. The Morgan fingerprint density at radius 2 is 1.78 bits per heavy atom. The van der Waals surface area contributed by atoms with Crippen LogP contribution < -0.4 is 10.6 Å². The van der Waals surface area contributed by atoms with Crippen LogP contribution in [0.1, 0.15) is 19.4 Å². The number of amides is 1. The van der Waals surface area contributed by atoms with Gasteiger partial charge in [-0.05, 0) is 24.1 Å². The highest BCUT2D eigenvalue weighted by Gasteiger charge is 2.31. The van der Waals surface area contributed by atoms with Gasteiger partial charge in [0.05, 0.1) is 11.6 Å². The normalized spacial score (nSPS) is 17.5. The fourth-order valence-corrected chi connectivity index (χ4v) is 2.56. The standard InChI is InChI=1S/C16H22F3N3O/c1-11(2)14(20)15(23)22-8-6-21(7-9-22)13-5-3-4-12(10-13)16(17,18)19/h3-5,10-11,14H,6-9,20H2,1-2H3/t14-/m0/s1. The first kappa shape index (κ1) is 17.6. The molecule has 0 aromatic heterocycles. The molecule has 2 N–H and O–H groups in total. The van der Waals surface area contributed by atoms with Crippen LogP contribution in [0, 0.1) is 5.92 Å². The molecular formula is C16H22F3N3O. The minimum absolute atomic E-state index is 0.0593. The Hall–Kier alpha value is -1.76. The van der Waals surface area contributed by atoms with E-state index in [1.165, 1.54) is 6.07 Å². The molecule has 1 saturated heterocycles. The predicted molar refractivity (Wildman–Crippen MR) is 83.1 cm³/mol. The van der Waals surface area contributed by atoms with E-state index in [0.717, 1.165) is 12.1 Å². The van der Waals surface area contributed by atoms with Crippen molar-refractivity contribution in [3.63, 3.8) is 0 Å². The van der Waals surface area contributed by atoms with Crippen LogP contribution in [-0.4, -0.2) is 43.0 Å². The van der Waals surface area contributed by atoms with Crippen molar-refractivity contribution >= 4 is 11.6 Å². The predicted octanol–water partition coefficient (Wildman–Crippen LogP) is 2.34. The number of anilines is 1. The van der Waals surface area contributed by atoms with Crippen molar-refractivity contribution in [3.8, 4) is 0 Å². The van der Waals surface area contributed by atoms with Gasteiger partial charge in [0.1, 0.15) is 0 Å². The minimum Gasteiger partial charge on any atom is -0.368 e. The Labute approximate surface area is 134 Å². The third-order valence-electron chi connectivity index (χ3n) is 4.13. The molecule has 0 bridgehead atoms. The van der Waals surface area contributed by atoms with Crippen LogP contribution in [-0.2, 0) is 11.0 Å². The lowest BCUT2D eigenvalue weighted by atomic mass is 10.0. The number of piperazine rings is 1. The first-order valence-corrected chi connectivity index (χ1v) is 7.66. The van der Waals surface area contributed by atoms with E-state index in [1.807, 2.05) is 18.7 Å². The van der Waals surface area contributed by atoms with E-state index in [1.54, 1.807) is 11.0 Å². The summed E-state index contributed by atoms with van der Waals surface area (Å²) in [7, 11) is 0. The number of rotatable bonds is 3. The lowest BCUT2D eigenvalue weighted by molar-refractivity contribution is -0.137. The fourth-order valence-electron chi connectivity index (χ4n) is 2.56. The van der Waals surface area contributed by atoms with Crippen molar-refractivity contribution in [2.75, 3.05) is 31.1 Å². The molecule has 1 fully saturated rings. The number of alkyl halides is 3. The van der Waals surface area contributed by atoms with Crippen molar-refractivity contribution in [2.45, 2.75) is 26.1 Å². The van der Waals surface area contributed by atoms with Gasteiger partial charge >= 0.3 is 6.18 Å². The van der Waals surface area contributed by atoms with E-state index in [-0.39, 0.29) is 11.8 Å². The van der Waals surface area contributed by atoms with Gasteiger partial charge in [0.2, 0.25) is 5.91 Å². The number of nitrogens with two attached hydrogens (primary N) is 1. The van der Waals surface area contributed by atoms with E-state index < -0.39 is 17.8 Å². The van der Waals surface area contributed by atoms with Gasteiger partial charge in [-0.1, -0.05) is 19.9 Å². The number of carbonyl (C=O) groups is 1. The Morgan fingerprint density at radius 3 is 2.30 bits per heavy atom. The number of halogens is 3. The highest BCUT2D eigenvalue weighted by molar-refractivity contribution is 5.82. The maximum absolute atomic E-state index is 12.8. The summed E-state index contributed by atoms with van der Waals surface area (Å²) in [6, 6.07) is 4.74. The molecule has 1 aromatic rings. The van der Waals surface area contributed by atoms with Gasteiger partial charge in [0.25, 0.3) is 0 Å². The second-order valence-electron chi connectivity index (χ2n) is 6.13. The van der Waals surface area contributed by atoms with Gasteiger partial charge < -0.3 is 15.5 Å². The molecule has 1 heterocycles. The Morgan fingerprint density at radius 1 is 1.17 bits per heavy atom. The molecule has 1 aliphatic heterocycles. The molecule has 7 heteroatoms. The zero-order chi connectivity index (χ0) is 17.2. The largest absolute Gasteiger partial charge is 0.416 e. The quantitative estimate of drug-likeness (QED) is 0.926. The highest BCUT2D eigenvalue weighted by atomic mass is 19.4. The summed E-state index contributed by atoms with van der Waals surface area (Å²) < 4.78 is 38.3. The van der Waals surface area contributed by atoms with Crippen molar-refractivity contribution in [3.05, 3.63) is 29.8 Å². The SMILES string of the molecule is CC(C)[C@H](N)C(=O)N1CCN(c2cccc(C(F)(F)F)c2)CC1. The monoisotopic (exact) mass is 329 g/mol. The van der Waals surface area contributed by atoms with Gasteiger partial charge in [0.15, 0.2) is 0 Å². The molecule has 1 aliphatic rings. The molecule has 1 aromatic carbocycles. The van der Waals surface area contributed by atoms with E-state index in [0.29, 0.717) is 31.9 Å². The maximum atomic E-state index is 12.8. The number of carbonyl (C=O) groups excluding carboxylic acids is 1. The summed E-state index contributed by atoms with van der Waals surface area (Å²) in [6.45, 7) is 5.71. The fraction of sp³-hybridized carbons (Fsp3) is 0.562. The van der Waals surface area contributed by atoms with E-state index in [9.17, 15) is 18.0 Å². The number of nitrogens with zero attached hydrogens (tertiary/aromatic N) is 2. The third kappa shape index (κ3) is 4.16. The van der Waals surface area contributed by atoms with Crippen LogP contribution in [0.4, 0.5) is 18.9 Å². The van der Waals surface area contributed by atoms with Crippen molar-refractivity contribution in [1.29, 1.82) is 0 Å². The first-order valence-electron chi connectivity index (χ1n) is 7.66. The highest BCUT2D eigenvalue weighted by Crippen LogP contribution is 2.31. The lowest BCUT2D eigenvalue weighted by Crippen LogP contribution is -2.54. The summed E-state index contributed by atoms with van der Waals surface area (Å²) in [5.74, 6) is -0.0345. The average Bonchev–Trinajstić information content (AvgIpc) is 2.53.